The molecule has 4 rings (SSSR count). The second-order valence-electron chi connectivity index (χ2n) is 6.55. The number of nitrogens with one attached hydrogen (secondary N) is 2. The third-order valence-electron chi connectivity index (χ3n) is 5.14. The van der Waals surface area contributed by atoms with Gasteiger partial charge in [-0.15, -0.1) is 12.0 Å². The molecule has 112 valence electrons. The Morgan fingerprint density at radius 3 is 2.50 bits per heavy atom. The molecule has 0 spiro atoms. The first-order valence-electron chi connectivity index (χ1n) is 7.65. The maximum absolute atomic E-state index is 3.58. The van der Waals surface area contributed by atoms with Gasteiger partial charge in [-0.2, -0.15) is 5.57 Å². The Balaban J connectivity index is 0.00000144. The minimum absolute atomic E-state index is 0. The van der Waals surface area contributed by atoms with Gasteiger partial charge in [0, 0.05) is 44.5 Å². The zero-order chi connectivity index (χ0) is 14.8. The first-order valence-corrected chi connectivity index (χ1v) is 7.65. The van der Waals surface area contributed by atoms with Crippen LogP contribution in [0.25, 0.3) is 5.70 Å². The van der Waals surface area contributed by atoms with Crippen LogP contribution in [-0.2, 0) is 26.2 Å². The van der Waals surface area contributed by atoms with E-state index in [4.69, 9.17) is 0 Å². The van der Waals surface area contributed by atoms with Crippen molar-refractivity contribution in [3.8, 4) is 0 Å². The zero-order valence-electron chi connectivity index (χ0n) is 13.6. The van der Waals surface area contributed by atoms with Crippen molar-refractivity contribution in [2.24, 2.45) is 5.41 Å². The predicted molar refractivity (Wildman–Crippen MR) is 86.4 cm³/mol. The zero-order valence-corrected chi connectivity index (χ0v) is 16.1. The summed E-state index contributed by atoms with van der Waals surface area (Å²) in [5, 5.41) is 6.95. The van der Waals surface area contributed by atoms with E-state index in [2.05, 4.69) is 61.9 Å². The van der Waals surface area contributed by atoms with Crippen LogP contribution in [0.15, 0.2) is 46.6 Å². The first-order chi connectivity index (χ1) is 10.1. The maximum Gasteiger partial charge on any atom is 0.0588 e. The van der Waals surface area contributed by atoms with Crippen LogP contribution < -0.4 is 10.6 Å². The third kappa shape index (κ3) is 1.92. The minimum atomic E-state index is 0. The van der Waals surface area contributed by atoms with E-state index in [9.17, 15) is 0 Å². The molecule has 1 fully saturated rings. The SMILES string of the molecule is CNC1=C(C2=C3C(=[C-]C2)C3(C)C)C(NC)c2ccccc21.[Zr]. The van der Waals surface area contributed by atoms with E-state index in [0.717, 1.165) is 6.42 Å². The van der Waals surface area contributed by atoms with Crippen LogP contribution in [0.2, 0.25) is 0 Å². The van der Waals surface area contributed by atoms with E-state index < -0.39 is 0 Å². The maximum atomic E-state index is 3.58. The molecule has 0 radical (unpaired) electrons. The molecule has 0 bridgehead atoms. The Morgan fingerprint density at radius 2 is 1.91 bits per heavy atom. The van der Waals surface area contributed by atoms with E-state index in [1.165, 1.54) is 39.1 Å². The van der Waals surface area contributed by atoms with Crippen LogP contribution in [0.4, 0.5) is 0 Å². The standard InChI is InChI=1S/C19H21N2.Zr/c1-19(2)14-10-9-13(16(14)19)15-17(20-3)11-7-5-6-8-12(11)18(15)21-4;/h5-8,17,20-21H,9H2,1-4H3;/q-1;. The summed E-state index contributed by atoms with van der Waals surface area (Å²) < 4.78 is 0. The Labute approximate surface area is 151 Å². The molecular weight excluding hydrogens is 347 g/mol. The van der Waals surface area contributed by atoms with E-state index in [0.29, 0.717) is 0 Å². The Kier molecular flexibility index (Phi) is 3.86. The molecule has 3 aliphatic rings. The number of hydrogen-bond acceptors (Lipinski definition) is 2. The van der Waals surface area contributed by atoms with E-state index in [1.807, 2.05) is 7.05 Å². The van der Waals surface area contributed by atoms with Crippen LogP contribution in [0.5, 0.6) is 0 Å². The smallest absolute Gasteiger partial charge is 0.0588 e. The molecule has 2 N–H and O–H groups in total. The van der Waals surface area contributed by atoms with Gasteiger partial charge >= 0.3 is 0 Å². The molecular formula is C19H21N2Zr-. The summed E-state index contributed by atoms with van der Waals surface area (Å²) in [5.41, 5.74) is 10.1. The molecule has 0 saturated heterocycles. The van der Waals surface area contributed by atoms with Crippen molar-refractivity contribution in [1.82, 2.24) is 10.6 Å². The van der Waals surface area contributed by atoms with Gasteiger partial charge in [0.05, 0.1) is 6.04 Å². The molecule has 1 saturated carbocycles. The predicted octanol–water partition coefficient (Wildman–Crippen LogP) is 3.36. The van der Waals surface area contributed by atoms with E-state index in [-0.39, 0.29) is 37.7 Å². The number of benzene rings is 1. The fraction of sp³-hybridized carbons (Fsp3) is 0.368. The van der Waals surface area contributed by atoms with Crippen LogP contribution in [0.3, 0.4) is 0 Å². The van der Waals surface area contributed by atoms with Crippen LogP contribution in [0, 0.1) is 11.5 Å². The molecule has 1 aromatic carbocycles. The van der Waals surface area contributed by atoms with Gasteiger partial charge < -0.3 is 10.6 Å². The Hall–Kier alpha value is -0.917. The van der Waals surface area contributed by atoms with E-state index >= 15 is 0 Å². The topological polar surface area (TPSA) is 24.1 Å². The summed E-state index contributed by atoms with van der Waals surface area (Å²) in [6.45, 7) is 4.61. The van der Waals surface area contributed by atoms with Gasteiger partial charge in [-0.1, -0.05) is 43.5 Å². The van der Waals surface area contributed by atoms with Crippen molar-refractivity contribution in [3.05, 3.63) is 63.8 Å². The summed E-state index contributed by atoms with van der Waals surface area (Å²) in [4.78, 5) is 0. The Bertz CT molecular complexity index is 738. The van der Waals surface area contributed by atoms with Gasteiger partial charge in [0.1, 0.15) is 0 Å². The monoisotopic (exact) mass is 367 g/mol. The minimum Gasteiger partial charge on any atom is -0.387 e. The summed E-state index contributed by atoms with van der Waals surface area (Å²) in [6.07, 6.45) is 4.54. The van der Waals surface area contributed by atoms with Gasteiger partial charge in [0.25, 0.3) is 0 Å². The van der Waals surface area contributed by atoms with Crippen LogP contribution in [0.1, 0.15) is 37.4 Å². The molecule has 0 heterocycles. The fourth-order valence-electron chi connectivity index (χ4n) is 4.12. The van der Waals surface area contributed by atoms with Gasteiger partial charge in [0.2, 0.25) is 0 Å². The molecule has 0 aromatic heterocycles. The van der Waals surface area contributed by atoms with Crippen LogP contribution >= 0.6 is 0 Å². The van der Waals surface area contributed by atoms with Gasteiger partial charge in [-0.05, 0) is 18.2 Å². The summed E-state index contributed by atoms with van der Waals surface area (Å²) >= 11 is 0. The van der Waals surface area contributed by atoms with Crippen molar-refractivity contribution in [2.45, 2.75) is 26.3 Å². The average Bonchev–Trinajstić information content (AvgIpc) is 2.88. The van der Waals surface area contributed by atoms with Crippen molar-refractivity contribution >= 4 is 5.70 Å². The molecule has 1 unspecified atom stereocenters. The molecule has 1 atom stereocenters. The summed E-state index contributed by atoms with van der Waals surface area (Å²) in [5.74, 6) is 0. The van der Waals surface area contributed by atoms with Crippen molar-refractivity contribution in [1.29, 1.82) is 0 Å². The van der Waals surface area contributed by atoms with Gasteiger partial charge in [0.15, 0.2) is 0 Å². The summed E-state index contributed by atoms with van der Waals surface area (Å²) in [6, 6.07) is 8.98. The number of hydrogen-bond donors (Lipinski definition) is 2. The number of fused-ring (bicyclic) bond motifs is 2. The van der Waals surface area contributed by atoms with Crippen molar-refractivity contribution in [3.63, 3.8) is 0 Å². The third-order valence-corrected chi connectivity index (χ3v) is 5.14. The molecule has 2 nitrogen and oxygen atoms in total. The summed E-state index contributed by atoms with van der Waals surface area (Å²) in [7, 11) is 4.08. The molecule has 1 aromatic rings. The largest absolute Gasteiger partial charge is 0.387 e. The average molecular weight is 369 g/mol. The quantitative estimate of drug-likeness (QED) is 0.800. The van der Waals surface area contributed by atoms with Crippen molar-refractivity contribution < 1.29 is 26.2 Å². The number of likely N-dealkylation sites (N-methyl/N-ethyl adjacent to an activating group) is 1. The number of rotatable bonds is 3. The molecule has 3 aliphatic carbocycles. The second kappa shape index (κ2) is 5.32. The molecule has 3 heteroatoms. The number of allylic oxidation sites excluding steroid dienone is 3. The van der Waals surface area contributed by atoms with Crippen LogP contribution in [-0.4, -0.2) is 14.1 Å². The second-order valence-corrected chi connectivity index (χ2v) is 6.55. The van der Waals surface area contributed by atoms with E-state index in [1.54, 1.807) is 0 Å². The molecule has 22 heavy (non-hydrogen) atoms. The fourth-order valence-corrected chi connectivity index (χ4v) is 4.12. The normalized spacial score (nSPS) is 23.8. The molecule has 0 amide bonds. The first kappa shape index (κ1) is 16.0. The molecule has 0 aliphatic heterocycles. The van der Waals surface area contributed by atoms with Gasteiger partial charge in [-0.3, -0.25) is 6.08 Å². The van der Waals surface area contributed by atoms with Crippen molar-refractivity contribution in [2.75, 3.05) is 14.1 Å². The van der Waals surface area contributed by atoms with Gasteiger partial charge in [-0.25, -0.2) is 5.57 Å². The Morgan fingerprint density at radius 1 is 1.18 bits per heavy atom.